The third-order valence-corrected chi connectivity index (χ3v) is 9.94. The van der Waals surface area contributed by atoms with Gasteiger partial charge >= 0.3 is 20.2 Å². The molecule has 0 amide bonds. The lowest BCUT2D eigenvalue weighted by Gasteiger charge is -2.16. The van der Waals surface area contributed by atoms with Gasteiger partial charge in [-0.05, 0) is 93.2 Å². The number of nitrogens with zero attached hydrogens (tertiary/aromatic N) is 1. The largest absolute Gasteiger partial charge is 0.488 e. The van der Waals surface area contributed by atoms with Crippen LogP contribution in [0.2, 0.25) is 0 Å². The summed E-state index contributed by atoms with van der Waals surface area (Å²) in [5.41, 5.74) is 6.36. The highest BCUT2D eigenvalue weighted by atomic mass is 16.4. The molecule has 0 saturated carbocycles. The van der Waals surface area contributed by atoms with E-state index >= 15 is 0 Å². The number of carboxylic acids is 1. The van der Waals surface area contributed by atoms with Crippen molar-refractivity contribution in [2.24, 2.45) is 4.99 Å². The molecule has 0 unspecified atom stereocenters. The highest BCUT2D eigenvalue weighted by Crippen LogP contribution is 2.42. The van der Waals surface area contributed by atoms with Gasteiger partial charge in [0.25, 0.3) is 0 Å². The first-order chi connectivity index (χ1) is 25.8. The molecule has 8 rings (SSSR count). The SMILES string of the molecule is O=C(O)c1ccccc1-c1c2ccc3cc(CCc4ccccc4B(O)O)ccc3c2oc2c1ccc1cc(=NCc3ccccc3B(O)O)ccc12. The normalized spacial score (nSPS) is 11.9. The van der Waals surface area contributed by atoms with Gasteiger partial charge in [0.15, 0.2) is 0 Å². The minimum absolute atomic E-state index is 0.188. The fourth-order valence-corrected chi connectivity index (χ4v) is 7.33. The van der Waals surface area contributed by atoms with Crippen molar-refractivity contribution in [1.29, 1.82) is 0 Å². The van der Waals surface area contributed by atoms with Crippen molar-refractivity contribution in [2.45, 2.75) is 19.4 Å². The van der Waals surface area contributed by atoms with Gasteiger partial charge in [-0.1, -0.05) is 97.1 Å². The topological polar surface area (TPSA) is 144 Å². The molecule has 5 N–H and O–H groups in total. The van der Waals surface area contributed by atoms with E-state index in [1.165, 1.54) is 0 Å². The molecular formula is C43H33B2NO7. The van der Waals surface area contributed by atoms with E-state index in [1.54, 1.807) is 36.4 Å². The summed E-state index contributed by atoms with van der Waals surface area (Å²) >= 11 is 0. The van der Waals surface area contributed by atoms with Crippen molar-refractivity contribution in [3.63, 3.8) is 0 Å². The van der Waals surface area contributed by atoms with Gasteiger partial charge in [0.1, 0.15) is 11.2 Å². The average molecular weight is 697 g/mol. The van der Waals surface area contributed by atoms with Gasteiger partial charge < -0.3 is 29.6 Å². The second-order valence-corrected chi connectivity index (χ2v) is 13.1. The maximum absolute atomic E-state index is 12.5. The fourth-order valence-electron chi connectivity index (χ4n) is 7.33. The second-order valence-electron chi connectivity index (χ2n) is 13.1. The maximum atomic E-state index is 12.5. The van der Waals surface area contributed by atoms with E-state index in [-0.39, 0.29) is 12.1 Å². The number of rotatable bonds is 9. The van der Waals surface area contributed by atoms with E-state index in [2.05, 4.69) is 12.1 Å². The highest BCUT2D eigenvalue weighted by Gasteiger charge is 2.21. The molecule has 0 radical (unpaired) electrons. The van der Waals surface area contributed by atoms with Gasteiger partial charge in [-0.15, -0.1) is 0 Å². The van der Waals surface area contributed by atoms with Crippen LogP contribution in [-0.2, 0) is 19.4 Å². The van der Waals surface area contributed by atoms with Crippen molar-refractivity contribution in [3.05, 3.63) is 161 Å². The Hall–Kier alpha value is -6.03. The number of hydrogen-bond acceptors (Lipinski definition) is 7. The molecule has 8 nitrogen and oxygen atoms in total. The van der Waals surface area contributed by atoms with Crippen molar-refractivity contribution in [1.82, 2.24) is 0 Å². The molecule has 0 aliphatic rings. The van der Waals surface area contributed by atoms with Crippen molar-refractivity contribution in [3.8, 4) is 11.1 Å². The molecule has 0 spiro atoms. The Kier molecular flexibility index (Phi) is 9.12. The van der Waals surface area contributed by atoms with Gasteiger partial charge in [-0.3, -0.25) is 4.99 Å². The number of fused-ring (bicyclic) bond motifs is 6. The minimum atomic E-state index is -1.59. The Morgan fingerprint density at radius 2 is 1.15 bits per heavy atom. The summed E-state index contributed by atoms with van der Waals surface area (Å²) in [6, 6.07) is 41.4. The Bertz CT molecular complexity index is 2780. The standard InChI is InChI=1S/C43H33B2NO7/c47-43(48)35-10-4-3-9-34(35)40-36-20-16-28-23-26(13-15-27-7-1-5-11-38(27)44(49)50)14-19-32(28)41(36)53-42-33-22-18-31(24-29(33)17-21-37(40)42)46-25-30-8-2-6-12-39(30)45(51)52/h1-12,14,16-24,49-52H,13,15,25H2,(H,47,48). The number of carboxylic acid groups (broad SMARTS) is 1. The third kappa shape index (κ3) is 6.50. The lowest BCUT2D eigenvalue weighted by molar-refractivity contribution is 0.0697. The zero-order chi connectivity index (χ0) is 36.6. The van der Waals surface area contributed by atoms with E-state index in [0.717, 1.165) is 49.0 Å². The highest BCUT2D eigenvalue weighted by molar-refractivity contribution is 6.59. The molecule has 0 saturated heterocycles. The molecule has 0 bridgehead atoms. The van der Waals surface area contributed by atoms with Crippen LogP contribution in [-0.4, -0.2) is 45.4 Å². The van der Waals surface area contributed by atoms with E-state index in [9.17, 15) is 30.0 Å². The smallest absolute Gasteiger partial charge is 0.478 e. The number of aryl methyl sites for hydroxylation is 2. The van der Waals surface area contributed by atoms with E-state index in [1.807, 2.05) is 84.9 Å². The zero-order valence-electron chi connectivity index (χ0n) is 28.5. The Balaban J connectivity index is 1.29. The molecule has 258 valence electrons. The summed E-state index contributed by atoms with van der Waals surface area (Å²) < 4.78 is 6.87. The minimum Gasteiger partial charge on any atom is -0.478 e. The Morgan fingerprint density at radius 1 is 0.585 bits per heavy atom. The summed E-state index contributed by atoms with van der Waals surface area (Å²) in [5, 5.41) is 55.3. The summed E-state index contributed by atoms with van der Waals surface area (Å²) in [7, 11) is -3.12. The zero-order valence-corrected chi connectivity index (χ0v) is 28.5. The molecule has 1 heterocycles. The first-order valence-electron chi connectivity index (χ1n) is 17.3. The molecule has 0 aliphatic heterocycles. The van der Waals surface area contributed by atoms with Crippen LogP contribution in [0, 0.1) is 0 Å². The summed E-state index contributed by atoms with van der Waals surface area (Å²) in [5.74, 6) is -1.02. The molecule has 1 aromatic heterocycles. The predicted molar refractivity (Wildman–Crippen MR) is 210 cm³/mol. The first-order valence-corrected chi connectivity index (χ1v) is 17.3. The van der Waals surface area contributed by atoms with Crippen LogP contribution in [0.25, 0.3) is 54.6 Å². The molecule has 0 fully saturated rings. The van der Waals surface area contributed by atoms with Gasteiger partial charge in [0, 0.05) is 27.1 Å². The van der Waals surface area contributed by atoms with Crippen LogP contribution in [0.15, 0.2) is 143 Å². The Labute approximate surface area is 304 Å². The van der Waals surface area contributed by atoms with Crippen LogP contribution in [0.3, 0.4) is 0 Å². The predicted octanol–water partition coefficient (Wildman–Crippen LogP) is 5.50. The third-order valence-electron chi connectivity index (χ3n) is 9.94. The quantitative estimate of drug-likeness (QED) is 0.0762. The fraction of sp³-hybridized carbons (Fsp3) is 0.0698. The van der Waals surface area contributed by atoms with Crippen LogP contribution >= 0.6 is 0 Å². The van der Waals surface area contributed by atoms with Crippen molar-refractivity contribution >= 4 is 74.6 Å². The molecule has 10 heteroatoms. The van der Waals surface area contributed by atoms with Crippen LogP contribution < -0.4 is 16.3 Å². The maximum Gasteiger partial charge on any atom is 0.488 e. The Morgan fingerprint density at radius 3 is 1.83 bits per heavy atom. The number of aromatic carboxylic acids is 1. The van der Waals surface area contributed by atoms with E-state index in [4.69, 9.17) is 9.41 Å². The van der Waals surface area contributed by atoms with Gasteiger partial charge in [-0.2, -0.15) is 0 Å². The lowest BCUT2D eigenvalue weighted by atomic mass is 9.76. The van der Waals surface area contributed by atoms with Gasteiger partial charge in [0.05, 0.1) is 17.5 Å². The summed E-state index contributed by atoms with van der Waals surface area (Å²) in [6.45, 7) is 0.266. The average Bonchev–Trinajstić information content (AvgIpc) is 3.18. The molecule has 0 aliphatic carbocycles. The summed E-state index contributed by atoms with van der Waals surface area (Å²) in [6.07, 6.45) is 1.32. The first kappa shape index (κ1) is 34.1. The molecule has 0 atom stereocenters. The van der Waals surface area contributed by atoms with E-state index in [0.29, 0.717) is 51.4 Å². The van der Waals surface area contributed by atoms with Crippen molar-refractivity contribution < 1.29 is 34.4 Å². The summed E-state index contributed by atoms with van der Waals surface area (Å²) in [4.78, 5) is 17.3. The molecule has 53 heavy (non-hydrogen) atoms. The van der Waals surface area contributed by atoms with Crippen molar-refractivity contribution in [2.75, 3.05) is 0 Å². The number of carbonyl (C=O) groups is 1. The van der Waals surface area contributed by atoms with Crippen LogP contribution in [0.1, 0.15) is 27.0 Å². The van der Waals surface area contributed by atoms with Crippen LogP contribution in [0.4, 0.5) is 0 Å². The van der Waals surface area contributed by atoms with Gasteiger partial charge in [0.2, 0.25) is 0 Å². The molecule has 7 aromatic carbocycles. The molecule has 8 aromatic rings. The van der Waals surface area contributed by atoms with Gasteiger partial charge in [-0.25, -0.2) is 4.79 Å². The second kappa shape index (κ2) is 14.2. The number of benzene rings is 7. The monoisotopic (exact) mass is 697 g/mol. The molecular weight excluding hydrogens is 664 g/mol. The lowest BCUT2D eigenvalue weighted by Crippen LogP contribution is -2.33. The van der Waals surface area contributed by atoms with Crippen LogP contribution in [0.5, 0.6) is 0 Å². The van der Waals surface area contributed by atoms with E-state index < -0.39 is 20.2 Å². The number of hydrogen-bond donors (Lipinski definition) is 5.